The van der Waals surface area contributed by atoms with Gasteiger partial charge in [-0.15, -0.1) is 0 Å². The van der Waals surface area contributed by atoms with Gasteiger partial charge in [0, 0.05) is 22.7 Å². The molecular formula is C12H13NO3. The Morgan fingerprint density at radius 3 is 2.81 bits per heavy atom. The van der Waals surface area contributed by atoms with Crippen molar-refractivity contribution in [3.63, 3.8) is 0 Å². The average Bonchev–Trinajstić information content (AvgIpc) is 2.59. The second-order valence-electron chi connectivity index (χ2n) is 4.09. The maximum Gasteiger partial charge on any atom is 0.306 e. The van der Waals surface area contributed by atoms with Crippen LogP contribution in [0.15, 0.2) is 30.5 Å². The SMILES string of the molecule is CC(O)(CC(=O)O)c1c[nH]c2ccccc12. The monoisotopic (exact) mass is 219 g/mol. The molecule has 0 aliphatic heterocycles. The number of H-pyrrole nitrogens is 1. The number of hydrogen-bond donors (Lipinski definition) is 3. The molecule has 0 bridgehead atoms. The molecule has 1 unspecified atom stereocenters. The first kappa shape index (κ1) is 10.7. The zero-order valence-electron chi connectivity index (χ0n) is 8.90. The van der Waals surface area contributed by atoms with Crippen molar-refractivity contribution in [2.24, 2.45) is 0 Å². The fourth-order valence-electron chi connectivity index (χ4n) is 1.91. The van der Waals surface area contributed by atoms with E-state index in [1.54, 1.807) is 6.20 Å². The molecule has 1 aromatic carbocycles. The molecule has 0 fully saturated rings. The van der Waals surface area contributed by atoms with Gasteiger partial charge in [-0.1, -0.05) is 18.2 Å². The number of aromatic amines is 1. The maximum absolute atomic E-state index is 10.7. The van der Waals surface area contributed by atoms with Gasteiger partial charge in [-0.25, -0.2) is 0 Å². The summed E-state index contributed by atoms with van der Waals surface area (Å²) in [4.78, 5) is 13.7. The first-order chi connectivity index (χ1) is 7.50. The summed E-state index contributed by atoms with van der Waals surface area (Å²) in [6.45, 7) is 1.51. The van der Waals surface area contributed by atoms with Gasteiger partial charge in [0.1, 0.15) is 0 Å². The van der Waals surface area contributed by atoms with Crippen LogP contribution in [0.5, 0.6) is 0 Å². The zero-order chi connectivity index (χ0) is 11.8. The van der Waals surface area contributed by atoms with Crippen molar-refractivity contribution < 1.29 is 15.0 Å². The molecule has 4 nitrogen and oxygen atoms in total. The van der Waals surface area contributed by atoms with Gasteiger partial charge in [-0.3, -0.25) is 4.79 Å². The van der Waals surface area contributed by atoms with Crippen molar-refractivity contribution in [1.82, 2.24) is 4.98 Å². The standard InChI is InChI=1S/C12H13NO3/c1-12(16,6-11(14)15)9-7-13-10-5-3-2-4-8(9)10/h2-5,7,13,16H,6H2,1H3,(H,14,15). The van der Waals surface area contributed by atoms with Crippen molar-refractivity contribution in [3.05, 3.63) is 36.0 Å². The van der Waals surface area contributed by atoms with E-state index in [2.05, 4.69) is 4.98 Å². The minimum Gasteiger partial charge on any atom is -0.481 e. The highest BCUT2D eigenvalue weighted by molar-refractivity contribution is 5.84. The van der Waals surface area contributed by atoms with Crippen LogP contribution in [-0.4, -0.2) is 21.2 Å². The van der Waals surface area contributed by atoms with Crippen LogP contribution in [0.3, 0.4) is 0 Å². The lowest BCUT2D eigenvalue weighted by Crippen LogP contribution is -2.24. The fraction of sp³-hybridized carbons (Fsp3) is 0.250. The number of aromatic nitrogens is 1. The molecule has 0 amide bonds. The van der Waals surface area contributed by atoms with E-state index >= 15 is 0 Å². The number of rotatable bonds is 3. The van der Waals surface area contributed by atoms with Crippen LogP contribution in [-0.2, 0) is 10.4 Å². The van der Waals surface area contributed by atoms with Gasteiger partial charge in [0.2, 0.25) is 0 Å². The molecule has 0 spiro atoms. The number of nitrogens with one attached hydrogen (secondary N) is 1. The molecule has 3 N–H and O–H groups in total. The minimum atomic E-state index is -1.36. The summed E-state index contributed by atoms with van der Waals surface area (Å²) in [7, 11) is 0. The van der Waals surface area contributed by atoms with Crippen molar-refractivity contribution >= 4 is 16.9 Å². The van der Waals surface area contributed by atoms with Gasteiger partial charge in [-0.05, 0) is 13.0 Å². The lowest BCUT2D eigenvalue weighted by atomic mass is 9.92. The first-order valence-electron chi connectivity index (χ1n) is 5.01. The molecule has 2 rings (SSSR count). The van der Waals surface area contributed by atoms with Crippen LogP contribution in [0.4, 0.5) is 0 Å². The van der Waals surface area contributed by atoms with E-state index in [4.69, 9.17) is 5.11 Å². The van der Waals surface area contributed by atoms with Crippen LogP contribution >= 0.6 is 0 Å². The summed E-state index contributed by atoms with van der Waals surface area (Å²) >= 11 is 0. The number of aliphatic hydroxyl groups is 1. The third-order valence-corrected chi connectivity index (χ3v) is 2.66. The largest absolute Gasteiger partial charge is 0.481 e. The lowest BCUT2D eigenvalue weighted by Gasteiger charge is -2.20. The molecule has 1 atom stereocenters. The number of benzene rings is 1. The Balaban J connectivity index is 2.50. The highest BCUT2D eigenvalue weighted by Crippen LogP contribution is 2.30. The van der Waals surface area contributed by atoms with Gasteiger partial charge in [0.05, 0.1) is 12.0 Å². The Morgan fingerprint density at radius 2 is 2.12 bits per heavy atom. The molecule has 2 aromatic rings. The number of fused-ring (bicyclic) bond motifs is 1. The molecule has 0 aliphatic rings. The van der Waals surface area contributed by atoms with Gasteiger partial charge in [-0.2, -0.15) is 0 Å². The summed E-state index contributed by atoms with van der Waals surface area (Å²) in [5, 5.41) is 19.7. The molecule has 0 aliphatic carbocycles. The number of carbonyl (C=O) groups is 1. The quantitative estimate of drug-likeness (QED) is 0.737. The summed E-state index contributed by atoms with van der Waals surface area (Å²) in [5.41, 5.74) is 0.152. The smallest absolute Gasteiger partial charge is 0.306 e. The number of para-hydroxylation sites is 1. The van der Waals surface area contributed by atoms with Gasteiger partial charge < -0.3 is 15.2 Å². The lowest BCUT2D eigenvalue weighted by molar-refractivity contribution is -0.142. The Kier molecular flexibility index (Phi) is 2.44. The number of aliphatic carboxylic acids is 1. The Bertz CT molecular complexity index is 528. The molecule has 0 saturated carbocycles. The van der Waals surface area contributed by atoms with Crippen LogP contribution < -0.4 is 0 Å². The van der Waals surface area contributed by atoms with Crippen molar-refractivity contribution in [2.75, 3.05) is 0 Å². The molecular weight excluding hydrogens is 206 g/mol. The van der Waals surface area contributed by atoms with E-state index in [9.17, 15) is 9.90 Å². The second-order valence-corrected chi connectivity index (χ2v) is 4.09. The van der Waals surface area contributed by atoms with E-state index in [0.717, 1.165) is 10.9 Å². The molecule has 16 heavy (non-hydrogen) atoms. The fourth-order valence-corrected chi connectivity index (χ4v) is 1.91. The highest BCUT2D eigenvalue weighted by atomic mass is 16.4. The molecule has 4 heteroatoms. The number of hydrogen-bond acceptors (Lipinski definition) is 2. The van der Waals surface area contributed by atoms with E-state index in [1.165, 1.54) is 6.92 Å². The predicted octanol–water partition coefficient (Wildman–Crippen LogP) is 1.85. The van der Waals surface area contributed by atoms with Crippen LogP contribution in [0.1, 0.15) is 18.9 Å². The third-order valence-electron chi connectivity index (χ3n) is 2.66. The van der Waals surface area contributed by atoms with Gasteiger partial charge in [0.25, 0.3) is 0 Å². The molecule has 0 radical (unpaired) electrons. The summed E-state index contributed by atoms with van der Waals surface area (Å²) < 4.78 is 0. The Hall–Kier alpha value is -1.81. The average molecular weight is 219 g/mol. The van der Waals surface area contributed by atoms with E-state index < -0.39 is 11.6 Å². The third kappa shape index (κ3) is 1.79. The molecule has 84 valence electrons. The molecule has 1 heterocycles. The number of carboxylic acids is 1. The summed E-state index contributed by atoms with van der Waals surface area (Å²) in [6.07, 6.45) is 1.35. The predicted molar refractivity (Wildman–Crippen MR) is 60.1 cm³/mol. The molecule has 1 aromatic heterocycles. The van der Waals surface area contributed by atoms with Gasteiger partial charge >= 0.3 is 5.97 Å². The second kappa shape index (κ2) is 3.64. The van der Waals surface area contributed by atoms with Crippen molar-refractivity contribution in [2.45, 2.75) is 18.9 Å². The van der Waals surface area contributed by atoms with Gasteiger partial charge in [0.15, 0.2) is 0 Å². The van der Waals surface area contributed by atoms with Crippen molar-refractivity contribution in [1.29, 1.82) is 0 Å². The van der Waals surface area contributed by atoms with E-state index in [1.807, 2.05) is 24.3 Å². The number of carboxylic acid groups (broad SMARTS) is 1. The van der Waals surface area contributed by atoms with Crippen molar-refractivity contribution in [3.8, 4) is 0 Å². The zero-order valence-corrected chi connectivity index (χ0v) is 8.90. The van der Waals surface area contributed by atoms with Crippen LogP contribution in [0.2, 0.25) is 0 Å². The van der Waals surface area contributed by atoms with Crippen LogP contribution in [0, 0.1) is 0 Å². The highest BCUT2D eigenvalue weighted by Gasteiger charge is 2.29. The van der Waals surface area contributed by atoms with Crippen LogP contribution in [0.25, 0.3) is 10.9 Å². The summed E-state index contributed by atoms with van der Waals surface area (Å²) in [5.74, 6) is -1.02. The van der Waals surface area contributed by atoms with E-state index in [-0.39, 0.29) is 6.42 Å². The van der Waals surface area contributed by atoms with E-state index in [0.29, 0.717) is 5.56 Å². The topological polar surface area (TPSA) is 73.3 Å². The first-order valence-corrected chi connectivity index (χ1v) is 5.01. The minimum absolute atomic E-state index is 0.311. The maximum atomic E-state index is 10.7. The summed E-state index contributed by atoms with van der Waals surface area (Å²) in [6, 6.07) is 7.48. The Morgan fingerprint density at radius 1 is 1.44 bits per heavy atom. The Labute approximate surface area is 92.5 Å². The normalized spacial score (nSPS) is 14.9. The molecule has 0 saturated heterocycles.